The van der Waals surface area contributed by atoms with Gasteiger partial charge in [-0.25, -0.2) is 0 Å². The molecule has 0 aromatic heterocycles. The number of carbonyl (C=O) groups is 1. The Hall–Kier alpha value is -0.870. The van der Waals surface area contributed by atoms with Gasteiger partial charge in [-0.2, -0.15) is 0 Å². The van der Waals surface area contributed by atoms with Crippen molar-refractivity contribution in [3.63, 3.8) is 0 Å². The van der Waals surface area contributed by atoms with E-state index >= 15 is 0 Å². The van der Waals surface area contributed by atoms with Crippen LogP contribution in [-0.4, -0.2) is 37.0 Å². The lowest BCUT2D eigenvalue weighted by atomic mass is 10.0. The van der Waals surface area contributed by atoms with Gasteiger partial charge in [0.25, 0.3) is 0 Å². The van der Waals surface area contributed by atoms with E-state index in [9.17, 15) is 4.79 Å². The lowest BCUT2D eigenvalue weighted by Gasteiger charge is -2.17. The third-order valence-corrected chi connectivity index (χ3v) is 4.81. The van der Waals surface area contributed by atoms with Gasteiger partial charge in [0.1, 0.15) is 0 Å². The minimum absolute atomic E-state index is 0.317. The Kier molecular flexibility index (Phi) is 3.89. The Balaban J connectivity index is 1.50. The summed E-state index contributed by atoms with van der Waals surface area (Å²) in [5.41, 5.74) is 1.23. The zero-order valence-corrected chi connectivity index (χ0v) is 12.5. The first-order valence-corrected chi connectivity index (χ1v) is 7.74. The second kappa shape index (κ2) is 5.63. The molecular formula is C15H19BrN2O. The fraction of sp³-hybridized carbons (Fsp3) is 0.533. The molecule has 2 aliphatic heterocycles. The van der Waals surface area contributed by atoms with Gasteiger partial charge in [0, 0.05) is 37.1 Å². The first-order valence-electron chi connectivity index (χ1n) is 6.95. The molecule has 3 rings (SSSR count). The Morgan fingerprint density at radius 3 is 2.47 bits per heavy atom. The number of nitrogens with zero attached hydrogens (tertiary/aromatic N) is 1. The van der Waals surface area contributed by atoms with Crippen molar-refractivity contribution < 1.29 is 4.79 Å². The van der Waals surface area contributed by atoms with Crippen LogP contribution in [0.25, 0.3) is 0 Å². The lowest BCUT2D eigenvalue weighted by Crippen LogP contribution is -2.31. The van der Waals surface area contributed by atoms with Gasteiger partial charge < -0.3 is 10.2 Å². The van der Waals surface area contributed by atoms with E-state index in [4.69, 9.17) is 0 Å². The minimum Gasteiger partial charge on any atom is -0.342 e. The molecule has 0 saturated carbocycles. The molecule has 0 bridgehead atoms. The zero-order valence-electron chi connectivity index (χ0n) is 10.9. The van der Waals surface area contributed by atoms with Crippen molar-refractivity contribution in [3.8, 4) is 0 Å². The van der Waals surface area contributed by atoms with E-state index < -0.39 is 0 Å². The summed E-state index contributed by atoms with van der Waals surface area (Å²) in [6.07, 6.45) is 1.48. The van der Waals surface area contributed by atoms with Crippen LogP contribution in [0.3, 0.4) is 0 Å². The zero-order chi connectivity index (χ0) is 13.2. The van der Waals surface area contributed by atoms with Gasteiger partial charge in [0.2, 0.25) is 5.91 Å². The average Bonchev–Trinajstić information content (AvgIpc) is 2.98. The van der Waals surface area contributed by atoms with Crippen molar-refractivity contribution in [1.82, 2.24) is 10.2 Å². The van der Waals surface area contributed by atoms with Gasteiger partial charge in [0.15, 0.2) is 0 Å². The molecule has 1 aromatic carbocycles. The molecule has 1 aromatic rings. The van der Waals surface area contributed by atoms with Crippen LogP contribution in [0.1, 0.15) is 12.0 Å². The highest BCUT2D eigenvalue weighted by Crippen LogP contribution is 2.26. The van der Waals surface area contributed by atoms with E-state index in [-0.39, 0.29) is 0 Å². The van der Waals surface area contributed by atoms with Crippen LogP contribution in [0.5, 0.6) is 0 Å². The lowest BCUT2D eigenvalue weighted by molar-refractivity contribution is -0.130. The number of halogens is 1. The third kappa shape index (κ3) is 3.00. The Morgan fingerprint density at radius 2 is 1.84 bits per heavy atom. The molecule has 1 amide bonds. The predicted octanol–water partition coefficient (Wildman–Crippen LogP) is 2.06. The monoisotopic (exact) mass is 322 g/mol. The second-order valence-electron chi connectivity index (χ2n) is 5.60. The van der Waals surface area contributed by atoms with Crippen molar-refractivity contribution in [2.24, 2.45) is 11.8 Å². The molecule has 2 aliphatic rings. The quantitative estimate of drug-likeness (QED) is 0.923. The number of rotatable bonds is 3. The largest absolute Gasteiger partial charge is 0.342 e. The third-order valence-electron chi connectivity index (χ3n) is 4.28. The summed E-state index contributed by atoms with van der Waals surface area (Å²) in [7, 11) is 0. The molecule has 4 heteroatoms. The molecule has 0 radical (unpaired) electrons. The number of amides is 1. The first kappa shape index (κ1) is 13.1. The van der Waals surface area contributed by atoms with E-state index in [0.717, 1.165) is 37.1 Å². The summed E-state index contributed by atoms with van der Waals surface area (Å²) in [5.74, 6) is 1.70. The van der Waals surface area contributed by atoms with Gasteiger partial charge in [-0.05, 0) is 36.0 Å². The topological polar surface area (TPSA) is 32.3 Å². The highest BCUT2D eigenvalue weighted by Gasteiger charge is 2.37. The average molecular weight is 323 g/mol. The Morgan fingerprint density at radius 1 is 1.21 bits per heavy atom. The number of nitrogens with one attached hydrogen (secondary N) is 1. The van der Waals surface area contributed by atoms with Crippen molar-refractivity contribution in [2.45, 2.75) is 12.8 Å². The van der Waals surface area contributed by atoms with E-state index in [1.807, 2.05) is 12.1 Å². The number of fused-ring (bicyclic) bond motifs is 1. The maximum absolute atomic E-state index is 12.2. The van der Waals surface area contributed by atoms with Crippen LogP contribution in [0, 0.1) is 11.8 Å². The molecule has 0 aliphatic carbocycles. The smallest absolute Gasteiger partial charge is 0.222 e. The summed E-state index contributed by atoms with van der Waals surface area (Å²) >= 11 is 3.43. The number of aryl methyl sites for hydroxylation is 1. The highest BCUT2D eigenvalue weighted by atomic mass is 79.9. The van der Waals surface area contributed by atoms with Crippen molar-refractivity contribution in [3.05, 3.63) is 34.3 Å². The fourth-order valence-corrected chi connectivity index (χ4v) is 3.38. The number of hydrogen-bond donors (Lipinski definition) is 1. The number of hydrogen-bond acceptors (Lipinski definition) is 2. The highest BCUT2D eigenvalue weighted by molar-refractivity contribution is 9.10. The number of benzene rings is 1. The van der Waals surface area contributed by atoms with E-state index in [1.54, 1.807) is 0 Å². The number of carbonyl (C=O) groups excluding carboxylic acids is 1. The molecule has 102 valence electrons. The predicted molar refractivity (Wildman–Crippen MR) is 78.9 cm³/mol. The van der Waals surface area contributed by atoms with E-state index in [2.05, 4.69) is 38.3 Å². The van der Waals surface area contributed by atoms with E-state index in [0.29, 0.717) is 24.2 Å². The molecule has 19 heavy (non-hydrogen) atoms. The molecule has 2 fully saturated rings. The van der Waals surface area contributed by atoms with Crippen LogP contribution in [0.15, 0.2) is 28.7 Å². The standard InChI is InChI=1S/C15H19BrN2O/c16-14-4-1-11(2-5-14)3-6-15(19)18-9-12-7-17-8-13(12)10-18/h1-2,4-5,12-13,17H,3,6-10H2/t12-,13+. The van der Waals surface area contributed by atoms with Crippen LogP contribution >= 0.6 is 15.9 Å². The molecule has 2 saturated heterocycles. The van der Waals surface area contributed by atoms with Gasteiger partial charge in [0.05, 0.1) is 0 Å². The van der Waals surface area contributed by atoms with Crippen LogP contribution in [0.4, 0.5) is 0 Å². The summed E-state index contributed by atoms with van der Waals surface area (Å²) in [6, 6.07) is 8.23. The minimum atomic E-state index is 0.317. The summed E-state index contributed by atoms with van der Waals surface area (Å²) in [6.45, 7) is 4.08. The first-order chi connectivity index (χ1) is 9.22. The molecule has 2 heterocycles. The maximum Gasteiger partial charge on any atom is 0.222 e. The van der Waals surface area contributed by atoms with Crippen molar-refractivity contribution >= 4 is 21.8 Å². The van der Waals surface area contributed by atoms with Gasteiger partial charge in [-0.3, -0.25) is 4.79 Å². The Bertz CT molecular complexity index is 448. The molecule has 3 nitrogen and oxygen atoms in total. The van der Waals surface area contributed by atoms with Gasteiger partial charge >= 0.3 is 0 Å². The second-order valence-corrected chi connectivity index (χ2v) is 6.52. The molecule has 0 unspecified atom stereocenters. The normalized spacial score (nSPS) is 25.6. The Labute approximate surface area is 122 Å². The summed E-state index contributed by atoms with van der Waals surface area (Å²) in [4.78, 5) is 14.3. The number of likely N-dealkylation sites (tertiary alicyclic amines) is 1. The fourth-order valence-electron chi connectivity index (χ4n) is 3.12. The molecule has 2 atom stereocenters. The molecule has 1 N–H and O–H groups in total. The maximum atomic E-state index is 12.2. The van der Waals surface area contributed by atoms with E-state index in [1.165, 1.54) is 5.56 Å². The van der Waals surface area contributed by atoms with Crippen molar-refractivity contribution in [2.75, 3.05) is 26.2 Å². The van der Waals surface area contributed by atoms with Crippen LogP contribution in [-0.2, 0) is 11.2 Å². The SMILES string of the molecule is O=C(CCc1ccc(Br)cc1)N1C[C@H]2CNC[C@H]2C1. The van der Waals surface area contributed by atoms with Crippen LogP contribution < -0.4 is 5.32 Å². The van der Waals surface area contributed by atoms with Gasteiger partial charge in [-0.15, -0.1) is 0 Å². The molecular weight excluding hydrogens is 304 g/mol. The summed E-state index contributed by atoms with van der Waals surface area (Å²) in [5, 5.41) is 3.40. The van der Waals surface area contributed by atoms with Gasteiger partial charge in [-0.1, -0.05) is 28.1 Å². The van der Waals surface area contributed by atoms with Crippen molar-refractivity contribution in [1.29, 1.82) is 0 Å². The molecule has 0 spiro atoms. The summed E-state index contributed by atoms with van der Waals surface area (Å²) < 4.78 is 1.09. The van der Waals surface area contributed by atoms with Crippen LogP contribution in [0.2, 0.25) is 0 Å².